The molecule has 0 unspecified atom stereocenters. The number of anilines is 3. The van der Waals surface area contributed by atoms with Crippen molar-refractivity contribution in [2.75, 3.05) is 32.0 Å². The molecule has 1 amide bonds. The zero-order valence-corrected chi connectivity index (χ0v) is 16.6. The molecule has 0 aliphatic heterocycles. The molecule has 8 nitrogen and oxygen atoms in total. The van der Waals surface area contributed by atoms with Crippen LogP contribution in [-0.2, 0) is 0 Å². The summed E-state index contributed by atoms with van der Waals surface area (Å²) in [6, 6.07) is 11.1. The Morgan fingerprint density at radius 2 is 1.45 bits per heavy atom. The van der Waals surface area contributed by atoms with Crippen LogP contribution in [0.2, 0.25) is 0 Å². The number of aromatic nitrogens is 2. The maximum absolute atomic E-state index is 12.6. The van der Waals surface area contributed by atoms with Gasteiger partial charge in [0.1, 0.15) is 0 Å². The summed E-state index contributed by atoms with van der Waals surface area (Å²) < 4.78 is 15.9. The zero-order chi connectivity index (χ0) is 20.8. The summed E-state index contributed by atoms with van der Waals surface area (Å²) in [4.78, 5) is 21.0. The van der Waals surface area contributed by atoms with Gasteiger partial charge in [-0.15, -0.1) is 0 Å². The number of carbonyl (C=O) groups is 1. The predicted molar refractivity (Wildman–Crippen MR) is 111 cm³/mol. The molecule has 0 saturated carbocycles. The van der Waals surface area contributed by atoms with Crippen molar-refractivity contribution in [2.45, 2.75) is 6.92 Å². The number of amides is 1. The van der Waals surface area contributed by atoms with Crippen LogP contribution in [0, 0.1) is 6.92 Å². The van der Waals surface area contributed by atoms with Crippen LogP contribution in [-0.4, -0.2) is 37.2 Å². The molecule has 29 heavy (non-hydrogen) atoms. The summed E-state index contributed by atoms with van der Waals surface area (Å²) in [5.74, 6) is 1.37. The quantitative estimate of drug-likeness (QED) is 0.629. The second kappa shape index (κ2) is 8.92. The Bertz CT molecular complexity index is 964. The van der Waals surface area contributed by atoms with Crippen molar-refractivity contribution in [1.29, 1.82) is 0 Å². The Balaban J connectivity index is 1.73. The van der Waals surface area contributed by atoms with Crippen molar-refractivity contribution in [3.05, 3.63) is 59.9 Å². The van der Waals surface area contributed by atoms with Crippen LogP contribution in [0.15, 0.2) is 48.8 Å². The molecule has 1 heterocycles. The van der Waals surface area contributed by atoms with Crippen LogP contribution in [0.4, 0.5) is 17.3 Å². The van der Waals surface area contributed by atoms with Crippen LogP contribution < -0.4 is 24.8 Å². The van der Waals surface area contributed by atoms with E-state index in [1.54, 1.807) is 12.1 Å². The topological polar surface area (TPSA) is 94.6 Å². The summed E-state index contributed by atoms with van der Waals surface area (Å²) >= 11 is 0. The molecule has 0 spiro atoms. The van der Waals surface area contributed by atoms with Crippen LogP contribution in [0.25, 0.3) is 0 Å². The zero-order valence-electron chi connectivity index (χ0n) is 16.6. The standard InChI is InChI=1S/C21H22N4O4/c1-13-5-7-15(8-6-13)25-21-22-11-14(12-23-21)20(26)24-16-9-17(27-2)19(29-4)18(10-16)28-3/h5-12H,1-4H3,(H,24,26)(H,22,23,25). The van der Waals surface area contributed by atoms with Crippen LogP contribution in [0.3, 0.4) is 0 Å². The van der Waals surface area contributed by atoms with E-state index < -0.39 is 0 Å². The lowest BCUT2D eigenvalue weighted by molar-refractivity contribution is 0.102. The fourth-order valence-electron chi connectivity index (χ4n) is 2.63. The number of hydrogen-bond acceptors (Lipinski definition) is 7. The summed E-state index contributed by atoms with van der Waals surface area (Å²) in [6.45, 7) is 2.02. The lowest BCUT2D eigenvalue weighted by Gasteiger charge is -2.14. The largest absolute Gasteiger partial charge is 0.493 e. The third-order valence-electron chi connectivity index (χ3n) is 4.14. The third kappa shape index (κ3) is 4.73. The molecule has 8 heteroatoms. The Morgan fingerprint density at radius 3 is 1.97 bits per heavy atom. The van der Waals surface area contributed by atoms with E-state index in [1.807, 2.05) is 31.2 Å². The molecule has 0 bridgehead atoms. The number of aryl methyl sites for hydroxylation is 1. The van der Waals surface area contributed by atoms with Crippen molar-refractivity contribution < 1.29 is 19.0 Å². The molecule has 3 aromatic rings. The van der Waals surface area contributed by atoms with Crippen molar-refractivity contribution in [3.8, 4) is 17.2 Å². The van der Waals surface area contributed by atoms with Gasteiger partial charge in [-0.1, -0.05) is 17.7 Å². The summed E-state index contributed by atoms with van der Waals surface area (Å²) in [7, 11) is 4.54. The molecule has 0 aliphatic rings. The van der Waals surface area contributed by atoms with Gasteiger partial charge in [-0.05, 0) is 19.1 Å². The van der Waals surface area contributed by atoms with Gasteiger partial charge in [0.25, 0.3) is 5.91 Å². The van der Waals surface area contributed by atoms with Gasteiger partial charge < -0.3 is 24.8 Å². The van der Waals surface area contributed by atoms with Crippen LogP contribution >= 0.6 is 0 Å². The maximum atomic E-state index is 12.6. The van der Waals surface area contributed by atoms with Gasteiger partial charge in [-0.3, -0.25) is 4.79 Å². The Morgan fingerprint density at radius 1 is 0.862 bits per heavy atom. The first-order chi connectivity index (χ1) is 14.0. The van der Waals surface area contributed by atoms with Gasteiger partial charge in [-0.2, -0.15) is 0 Å². The lowest BCUT2D eigenvalue weighted by atomic mass is 10.2. The molecule has 0 atom stereocenters. The summed E-state index contributed by atoms with van der Waals surface area (Å²) in [5, 5.41) is 5.87. The molecule has 0 aliphatic carbocycles. The minimum absolute atomic E-state index is 0.313. The van der Waals surface area contributed by atoms with Crippen molar-refractivity contribution in [2.24, 2.45) is 0 Å². The summed E-state index contributed by atoms with van der Waals surface area (Å²) in [6.07, 6.45) is 2.91. The highest BCUT2D eigenvalue weighted by atomic mass is 16.5. The fourth-order valence-corrected chi connectivity index (χ4v) is 2.63. The van der Waals surface area contributed by atoms with Gasteiger partial charge in [-0.25, -0.2) is 9.97 Å². The minimum atomic E-state index is -0.360. The average Bonchev–Trinajstić information content (AvgIpc) is 2.75. The van der Waals surface area contributed by atoms with E-state index >= 15 is 0 Å². The molecule has 3 rings (SSSR count). The summed E-state index contributed by atoms with van der Waals surface area (Å²) in [5.41, 5.74) is 2.83. The number of benzene rings is 2. The Hall–Kier alpha value is -3.81. The highest BCUT2D eigenvalue weighted by molar-refractivity contribution is 6.04. The van der Waals surface area contributed by atoms with Gasteiger partial charge in [0.05, 0.1) is 26.9 Å². The number of methoxy groups -OCH3 is 3. The minimum Gasteiger partial charge on any atom is -0.493 e. The number of carbonyl (C=O) groups excluding carboxylic acids is 1. The molecule has 2 N–H and O–H groups in total. The SMILES string of the molecule is COc1cc(NC(=O)c2cnc(Nc3ccc(C)cc3)nc2)cc(OC)c1OC. The van der Waals surface area contributed by atoms with Gasteiger partial charge in [0, 0.05) is 35.9 Å². The number of ether oxygens (including phenoxy) is 3. The van der Waals surface area contributed by atoms with Gasteiger partial charge >= 0.3 is 0 Å². The molecule has 1 aromatic heterocycles. The first-order valence-electron chi connectivity index (χ1n) is 8.81. The first-order valence-corrected chi connectivity index (χ1v) is 8.81. The number of nitrogens with zero attached hydrogens (tertiary/aromatic N) is 2. The van der Waals surface area contributed by atoms with E-state index in [1.165, 1.54) is 33.7 Å². The normalized spacial score (nSPS) is 10.2. The molecular weight excluding hydrogens is 372 g/mol. The molecule has 150 valence electrons. The first kappa shape index (κ1) is 19.9. The van der Waals surface area contributed by atoms with E-state index in [2.05, 4.69) is 20.6 Å². The van der Waals surface area contributed by atoms with E-state index in [-0.39, 0.29) is 5.91 Å². The molecule has 2 aromatic carbocycles. The predicted octanol–water partition coefficient (Wildman–Crippen LogP) is 3.81. The fraction of sp³-hybridized carbons (Fsp3) is 0.190. The second-order valence-electron chi connectivity index (χ2n) is 6.15. The lowest BCUT2D eigenvalue weighted by Crippen LogP contribution is -2.13. The van der Waals surface area contributed by atoms with E-state index in [9.17, 15) is 4.79 Å². The Kier molecular flexibility index (Phi) is 6.13. The number of nitrogens with one attached hydrogen (secondary N) is 2. The van der Waals surface area contributed by atoms with E-state index in [4.69, 9.17) is 14.2 Å². The van der Waals surface area contributed by atoms with Crippen molar-refractivity contribution in [3.63, 3.8) is 0 Å². The molecular formula is C21H22N4O4. The average molecular weight is 394 g/mol. The van der Waals surface area contributed by atoms with Crippen LogP contribution in [0.5, 0.6) is 17.2 Å². The second-order valence-corrected chi connectivity index (χ2v) is 6.15. The van der Waals surface area contributed by atoms with E-state index in [0.717, 1.165) is 11.3 Å². The van der Waals surface area contributed by atoms with Crippen LogP contribution in [0.1, 0.15) is 15.9 Å². The van der Waals surface area contributed by atoms with E-state index in [0.29, 0.717) is 34.4 Å². The van der Waals surface area contributed by atoms with Crippen molar-refractivity contribution in [1.82, 2.24) is 9.97 Å². The number of hydrogen-bond donors (Lipinski definition) is 2. The highest BCUT2D eigenvalue weighted by Crippen LogP contribution is 2.40. The maximum Gasteiger partial charge on any atom is 0.258 e. The third-order valence-corrected chi connectivity index (χ3v) is 4.14. The smallest absolute Gasteiger partial charge is 0.258 e. The Labute approximate surface area is 168 Å². The molecule has 0 fully saturated rings. The molecule has 0 saturated heterocycles. The number of rotatable bonds is 7. The highest BCUT2D eigenvalue weighted by Gasteiger charge is 2.15. The molecule has 0 radical (unpaired) electrons. The van der Waals surface area contributed by atoms with Gasteiger partial charge in [0.2, 0.25) is 11.7 Å². The van der Waals surface area contributed by atoms with Gasteiger partial charge in [0.15, 0.2) is 11.5 Å². The monoisotopic (exact) mass is 394 g/mol. The van der Waals surface area contributed by atoms with Crippen molar-refractivity contribution >= 4 is 23.2 Å².